The molecule has 0 aliphatic heterocycles. The van der Waals surface area contributed by atoms with Crippen molar-refractivity contribution >= 4 is 27.4 Å². The molecule has 0 saturated carbocycles. The fourth-order valence-electron chi connectivity index (χ4n) is 6.32. The highest BCUT2D eigenvalue weighted by atomic mass is 32.2. The lowest BCUT2D eigenvalue weighted by atomic mass is 9.70. The van der Waals surface area contributed by atoms with Gasteiger partial charge in [-0.3, -0.25) is 4.79 Å². The minimum absolute atomic E-state index is 0.0453. The molecular weight excluding hydrogens is 625 g/mol. The molecule has 0 heterocycles. The molecule has 0 aromatic heterocycles. The Bertz CT molecular complexity index is 2140. The van der Waals surface area contributed by atoms with E-state index in [0.717, 1.165) is 6.26 Å². The number of nitrogens with zero attached hydrogens (tertiary/aromatic N) is 2. The topological polar surface area (TPSA) is 87.6 Å². The molecule has 0 spiro atoms. The maximum Gasteiger partial charge on any atom is 0.362 e. The van der Waals surface area contributed by atoms with E-state index in [9.17, 15) is 13.2 Å². The van der Waals surface area contributed by atoms with Gasteiger partial charge in [0, 0.05) is 34.3 Å². The van der Waals surface area contributed by atoms with Gasteiger partial charge in [0.2, 0.25) is 0 Å². The van der Waals surface area contributed by atoms with Crippen molar-refractivity contribution in [1.29, 1.82) is 0 Å². The van der Waals surface area contributed by atoms with Gasteiger partial charge in [-0.1, -0.05) is 140 Å². The van der Waals surface area contributed by atoms with Gasteiger partial charge in [0.15, 0.2) is 9.84 Å². The molecule has 5 aromatic carbocycles. The zero-order chi connectivity index (χ0) is 35.6. The number of rotatable bonds is 6. The van der Waals surface area contributed by atoms with Crippen LogP contribution in [0.1, 0.15) is 81.2 Å². The Morgan fingerprint density at radius 3 is 1.37 bits per heavy atom. The predicted molar refractivity (Wildman–Crippen MR) is 199 cm³/mol. The van der Waals surface area contributed by atoms with Crippen LogP contribution < -0.4 is 0 Å². The van der Waals surface area contributed by atoms with Gasteiger partial charge in [-0.05, 0) is 67.7 Å². The van der Waals surface area contributed by atoms with E-state index in [1.807, 2.05) is 0 Å². The number of hydrogen-bond donors (Lipinski definition) is 0. The summed E-state index contributed by atoms with van der Waals surface area (Å²) in [5.41, 5.74) is 19.3. The zero-order valence-corrected chi connectivity index (χ0v) is 30.0. The maximum absolute atomic E-state index is 11.8. The third-order valence-electron chi connectivity index (χ3n) is 9.67. The molecule has 0 saturated heterocycles. The SMILES string of the molecule is CS(=O)(=O)c1cccc2c1C=CC(=[N+]=[N-])C2=O.Cc1ccc(C(C)(C)c2ccc(C(C)(c3ccc(C)cc3)c3ccc(C)cc3)cc2)cc1. The normalized spacial score (nSPS) is 12.9. The highest BCUT2D eigenvalue weighted by Gasteiger charge is 2.32. The zero-order valence-electron chi connectivity index (χ0n) is 29.2. The van der Waals surface area contributed by atoms with Crippen LogP contribution in [0, 0.1) is 20.8 Å². The van der Waals surface area contributed by atoms with Crippen molar-refractivity contribution in [3.05, 3.63) is 183 Å². The fraction of sp³-hybridized carbons (Fsp3) is 0.209. The highest BCUT2D eigenvalue weighted by Crippen LogP contribution is 2.40. The molecular formula is C43H42N2O3S. The molecule has 0 atom stereocenters. The highest BCUT2D eigenvalue weighted by molar-refractivity contribution is 7.90. The summed E-state index contributed by atoms with van der Waals surface area (Å²) in [6.45, 7) is 13.4. The lowest BCUT2D eigenvalue weighted by Crippen LogP contribution is -2.26. The van der Waals surface area contributed by atoms with Crippen LogP contribution in [-0.2, 0) is 20.7 Å². The van der Waals surface area contributed by atoms with Gasteiger partial charge in [-0.25, -0.2) is 8.42 Å². The quantitative estimate of drug-likeness (QED) is 0.103. The van der Waals surface area contributed by atoms with E-state index in [-0.39, 0.29) is 27.0 Å². The Morgan fingerprint density at radius 1 is 0.571 bits per heavy atom. The van der Waals surface area contributed by atoms with Gasteiger partial charge in [-0.2, -0.15) is 4.79 Å². The first-order valence-electron chi connectivity index (χ1n) is 16.3. The number of benzene rings is 5. The van der Waals surface area contributed by atoms with Crippen molar-refractivity contribution in [2.24, 2.45) is 0 Å². The van der Waals surface area contributed by atoms with Crippen LogP contribution in [0.15, 0.2) is 126 Å². The first kappa shape index (κ1) is 35.2. The number of fused-ring (bicyclic) bond motifs is 1. The van der Waals surface area contributed by atoms with Gasteiger partial charge >= 0.3 is 5.71 Å². The molecule has 0 amide bonds. The summed E-state index contributed by atoms with van der Waals surface area (Å²) in [7, 11) is -3.40. The smallest absolute Gasteiger partial charge is 0.361 e. The number of aryl methyl sites for hydroxylation is 3. The van der Waals surface area contributed by atoms with Gasteiger partial charge in [0.05, 0.1) is 4.90 Å². The minimum Gasteiger partial charge on any atom is -0.361 e. The molecule has 49 heavy (non-hydrogen) atoms. The lowest BCUT2D eigenvalue weighted by Gasteiger charge is -2.33. The molecule has 6 rings (SSSR count). The van der Waals surface area contributed by atoms with Crippen molar-refractivity contribution in [3.8, 4) is 0 Å². The molecule has 5 aromatic rings. The summed E-state index contributed by atoms with van der Waals surface area (Å²) in [6, 6.07) is 40.6. The van der Waals surface area contributed by atoms with E-state index in [1.54, 1.807) is 0 Å². The van der Waals surface area contributed by atoms with Gasteiger partial charge in [-0.15, -0.1) is 0 Å². The van der Waals surface area contributed by atoms with E-state index in [0.29, 0.717) is 5.56 Å². The Kier molecular flexibility index (Phi) is 9.87. The van der Waals surface area contributed by atoms with Crippen molar-refractivity contribution < 1.29 is 18.0 Å². The summed E-state index contributed by atoms with van der Waals surface area (Å²) < 4.78 is 23.1. The second-order valence-corrected chi connectivity index (χ2v) is 15.5. The van der Waals surface area contributed by atoms with Crippen molar-refractivity contribution in [2.75, 3.05) is 6.26 Å². The van der Waals surface area contributed by atoms with Crippen LogP contribution in [0.5, 0.6) is 0 Å². The summed E-state index contributed by atoms with van der Waals surface area (Å²) in [4.78, 5) is 14.7. The molecule has 0 N–H and O–H groups in total. The maximum atomic E-state index is 11.8. The third kappa shape index (κ3) is 7.17. The van der Waals surface area contributed by atoms with Crippen molar-refractivity contribution in [1.82, 2.24) is 0 Å². The summed E-state index contributed by atoms with van der Waals surface area (Å²) in [6.07, 6.45) is 3.83. The van der Waals surface area contributed by atoms with Crippen molar-refractivity contribution in [3.63, 3.8) is 0 Å². The number of hydrogen-bond acceptors (Lipinski definition) is 3. The second kappa shape index (κ2) is 13.8. The molecule has 1 aliphatic carbocycles. The molecule has 0 bridgehead atoms. The average molecular weight is 667 g/mol. The molecule has 0 unspecified atom stereocenters. The molecule has 0 fully saturated rings. The van der Waals surface area contributed by atoms with Crippen LogP contribution >= 0.6 is 0 Å². The first-order chi connectivity index (χ1) is 23.2. The number of carbonyl (C=O) groups is 1. The number of sulfone groups is 1. The molecule has 1 aliphatic rings. The van der Waals surface area contributed by atoms with E-state index in [4.69, 9.17) is 5.53 Å². The lowest BCUT2D eigenvalue weighted by molar-refractivity contribution is -0.00436. The van der Waals surface area contributed by atoms with Gasteiger partial charge < -0.3 is 5.53 Å². The van der Waals surface area contributed by atoms with Crippen molar-refractivity contribution in [2.45, 2.75) is 57.3 Å². The monoisotopic (exact) mass is 666 g/mol. The number of carbonyl (C=O) groups excluding carboxylic acids is 1. The van der Waals surface area contributed by atoms with E-state index >= 15 is 0 Å². The van der Waals surface area contributed by atoms with Crippen LogP contribution in [0.2, 0.25) is 0 Å². The first-order valence-corrected chi connectivity index (χ1v) is 18.2. The molecule has 0 radical (unpaired) electrons. The average Bonchev–Trinajstić information content (AvgIpc) is 3.09. The fourth-order valence-corrected chi connectivity index (χ4v) is 7.23. The van der Waals surface area contributed by atoms with E-state index in [1.165, 1.54) is 74.9 Å². The van der Waals surface area contributed by atoms with E-state index < -0.39 is 15.6 Å². The summed E-state index contributed by atoms with van der Waals surface area (Å²) in [5, 5.41) is 0. The third-order valence-corrected chi connectivity index (χ3v) is 10.8. The van der Waals surface area contributed by atoms with Gasteiger partial charge in [0.1, 0.15) is 0 Å². The van der Waals surface area contributed by atoms with Crippen LogP contribution in [0.4, 0.5) is 0 Å². The largest absolute Gasteiger partial charge is 0.362 e. The molecule has 248 valence electrons. The minimum atomic E-state index is -3.40. The van der Waals surface area contributed by atoms with Gasteiger partial charge in [0.25, 0.3) is 5.78 Å². The Morgan fingerprint density at radius 2 is 0.959 bits per heavy atom. The summed E-state index contributed by atoms with van der Waals surface area (Å²) >= 11 is 0. The van der Waals surface area contributed by atoms with Crippen LogP contribution in [-0.4, -0.2) is 31.0 Å². The standard InChI is InChI=1S/C32H34.C11H8N2O3S/c1-23-7-13-26(14-8-23)31(4,5)27-19-21-30(22-20-27)32(6,28-15-9-24(2)10-16-28)29-17-11-25(3)12-18-29;1-17(15,16)10-4-2-3-8-7(10)5-6-9(13-12)11(8)14/h7-22H,1-6H3;2-6H,1H3. The van der Waals surface area contributed by atoms with E-state index in [2.05, 4.69) is 143 Å². The summed E-state index contributed by atoms with van der Waals surface area (Å²) in [5.74, 6) is -0.490. The Balaban J connectivity index is 0.000000232. The molecule has 6 heteroatoms. The number of ketones is 1. The number of allylic oxidation sites excluding steroid dienone is 1. The van der Waals surface area contributed by atoms with Crippen LogP contribution in [0.25, 0.3) is 11.6 Å². The Hall–Kier alpha value is -5.16. The molecule has 5 nitrogen and oxygen atoms in total. The second-order valence-electron chi connectivity index (χ2n) is 13.6. The number of Topliss-reactive ketones (excluding diaryl/α,β-unsaturated/α-hetero) is 1. The Labute approximate surface area is 290 Å². The predicted octanol–water partition coefficient (Wildman–Crippen LogP) is 9.26. The van der Waals surface area contributed by atoms with Crippen LogP contribution in [0.3, 0.4) is 0 Å².